The summed E-state index contributed by atoms with van der Waals surface area (Å²) in [5.41, 5.74) is 1.26. The number of nitrogens with zero attached hydrogens (tertiary/aromatic N) is 2. The van der Waals surface area contributed by atoms with Crippen molar-refractivity contribution < 1.29 is 24.2 Å². The van der Waals surface area contributed by atoms with E-state index in [2.05, 4.69) is 26.9 Å². The van der Waals surface area contributed by atoms with Crippen LogP contribution in [0, 0.1) is 13.8 Å². The molecule has 25 heavy (non-hydrogen) atoms. The van der Waals surface area contributed by atoms with Crippen LogP contribution in [0.15, 0.2) is 28.7 Å². The third-order valence-electron chi connectivity index (χ3n) is 3.03. The summed E-state index contributed by atoms with van der Waals surface area (Å²) in [4.78, 5) is 9.94. The number of methoxy groups -OCH3 is 1. The first-order valence-electron chi connectivity index (χ1n) is 7.70. The van der Waals surface area contributed by atoms with Gasteiger partial charge in [-0.2, -0.15) is 0 Å². The largest absolute Gasteiger partial charge is 0.497 e. The summed E-state index contributed by atoms with van der Waals surface area (Å²) in [7, 11) is 1.67. The molecule has 0 saturated carbocycles. The number of carbonyl (C=O) groups is 1. The average Bonchev–Trinajstić information content (AvgIpc) is 3.20. The van der Waals surface area contributed by atoms with Gasteiger partial charge < -0.3 is 24.7 Å². The molecule has 1 unspecified atom stereocenters. The van der Waals surface area contributed by atoms with Crippen molar-refractivity contribution in [2.75, 3.05) is 25.5 Å². The highest BCUT2D eigenvalue weighted by Gasteiger charge is 2.08. The van der Waals surface area contributed by atoms with E-state index >= 15 is 0 Å². The van der Waals surface area contributed by atoms with E-state index in [4.69, 9.17) is 14.9 Å². The van der Waals surface area contributed by atoms with Gasteiger partial charge in [0.05, 0.1) is 13.2 Å². The SMILES string of the molecule is COc1ccc(C)cc1.Cc1nnc(NC(=O)O)o1.OC1CCNC1. The zero-order chi connectivity index (χ0) is 18.7. The molecular formula is C16H24N4O5. The summed E-state index contributed by atoms with van der Waals surface area (Å²) in [5.74, 6) is 1.24. The van der Waals surface area contributed by atoms with E-state index in [1.54, 1.807) is 14.0 Å². The highest BCUT2D eigenvalue weighted by atomic mass is 16.5. The van der Waals surface area contributed by atoms with Crippen molar-refractivity contribution in [3.05, 3.63) is 35.7 Å². The zero-order valence-corrected chi connectivity index (χ0v) is 14.5. The molecule has 1 aromatic carbocycles. The molecule has 1 aliphatic heterocycles. The first-order chi connectivity index (χ1) is 11.9. The summed E-state index contributed by atoms with van der Waals surface area (Å²) in [6.45, 7) is 5.40. The maximum atomic E-state index is 9.94. The van der Waals surface area contributed by atoms with Crippen LogP contribution in [0.4, 0.5) is 10.8 Å². The van der Waals surface area contributed by atoms with Crippen LogP contribution in [-0.4, -0.2) is 52.8 Å². The molecule has 1 aliphatic rings. The monoisotopic (exact) mass is 352 g/mol. The molecule has 1 saturated heterocycles. The van der Waals surface area contributed by atoms with Gasteiger partial charge in [0.2, 0.25) is 5.89 Å². The Kier molecular flexibility index (Phi) is 8.97. The van der Waals surface area contributed by atoms with Gasteiger partial charge >= 0.3 is 12.1 Å². The van der Waals surface area contributed by atoms with E-state index in [0.717, 1.165) is 25.3 Å². The van der Waals surface area contributed by atoms with Crippen molar-refractivity contribution >= 4 is 12.1 Å². The number of amides is 1. The quantitative estimate of drug-likeness (QED) is 0.644. The van der Waals surface area contributed by atoms with Gasteiger partial charge in [-0.1, -0.05) is 22.8 Å². The minimum Gasteiger partial charge on any atom is -0.497 e. The van der Waals surface area contributed by atoms with E-state index in [1.807, 2.05) is 29.6 Å². The molecule has 9 heteroatoms. The molecule has 0 spiro atoms. The van der Waals surface area contributed by atoms with E-state index in [1.165, 1.54) is 5.56 Å². The van der Waals surface area contributed by atoms with Crippen LogP contribution in [0.1, 0.15) is 17.9 Å². The first-order valence-corrected chi connectivity index (χ1v) is 7.70. The predicted molar refractivity (Wildman–Crippen MR) is 91.9 cm³/mol. The van der Waals surface area contributed by atoms with Gasteiger partial charge in [0.25, 0.3) is 0 Å². The predicted octanol–water partition coefficient (Wildman–Crippen LogP) is 1.81. The van der Waals surface area contributed by atoms with Crippen LogP contribution in [0.3, 0.4) is 0 Å². The number of anilines is 1. The number of rotatable bonds is 2. The molecule has 1 amide bonds. The van der Waals surface area contributed by atoms with Gasteiger partial charge in [0, 0.05) is 13.5 Å². The number of carboxylic acid groups (broad SMARTS) is 1. The average molecular weight is 352 g/mol. The lowest BCUT2D eigenvalue weighted by atomic mass is 10.2. The fourth-order valence-electron chi connectivity index (χ4n) is 1.75. The number of hydrogen-bond acceptors (Lipinski definition) is 7. The minimum atomic E-state index is -1.22. The van der Waals surface area contributed by atoms with E-state index in [-0.39, 0.29) is 12.1 Å². The van der Waals surface area contributed by atoms with Crippen molar-refractivity contribution in [3.63, 3.8) is 0 Å². The molecule has 3 rings (SSSR count). The Labute approximate surface area is 146 Å². The van der Waals surface area contributed by atoms with Crippen LogP contribution in [0.5, 0.6) is 5.75 Å². The number of β-amino-alcohol motifs (C(OH)–C–C–N with tert-alkyl or cyclic N) is 1. The molecule has 0 bridgehead atoms. The van der Waals surface area contributed by atoms with Crippen LogP contribution in [0.2, 0.25) is 0 Å². The smallest absolute Gasteiger partial charge is 0.412 e. The molecule has 138 valence electrons. The molecule has 0 aliphatic carbocycles. The summed E-state index contributed by atoms with van der Waals surface area (Å²) in [6.07, 6.45) is -0.353. The molecule has 1 aromatic heterocycles. The molecule has 2 heterocycles. The third-order valence-corrected chi connectivity index (χ3v) is 3.03. The standard InChI is InChI=1S/C8H10O.C4H5N3O3.C4H9NO/c1-7-3-5-8(9-2)6-4-7;1-2-6-7-3(10-2)5-4(8)9;6-4-1-2-5-3-4/h3-6H,1-2H3;1H3,(H,5,7)(H,8,9);4-6H,1-3H2. The number of aliphatic hydroxyl groups excluding tert-OH is 1. The molecule has 1 atom stereocenters. The van der Waals surface area contributed by atoms with E-state index < -0.39 is 6.09 Å². The van der Waals surface area contributed by atoms with Crippen LogP contribution >= 0.6 is 0 Å². The number of aromatic nitrogens is 2. The number of benzene rings is 1. The number of aliphatic hydroxyl groups is 1. The molecule has 1 fully saturated rings. The topological polar surface area (TPSA) is 130 Å². The van der Waals surface area contributed by atoms with Crippen molar-refractivity contribution in [2.45, 2.75) is 26.4 Å². The highest BCUT2D eigenvalue weighted by molar-refractivity contribution is 5.79. The second-order valence-corrected chi connectivity index (χ2v) is 5.22. The van der Waals surface area contributed by atoms with Gasteiger partial charge in [0.1, 0.15) is 5.75 Å². The van der Waals surface area contributed by atoms with Gasteiger partial charge in [-0.3, -0.25) is 0 Å². The maximum Gasteiger partial charge on any atom is 0.412 e. The second kappa shape index (κ2) is 11.0. The maximum absolute atomic E-state index is 9.94. The lowest BCUT2D eigenvalue weighted by Gasteiger charge is -1.97. The van der Waals surface area contributed by atoms with Crippen LogP contribution < -0.4 is 15.4 Å². The minimum absolute atomic E-state index is 0.0648. The number of aryl methyl sites for hydroxylation is 2. The lowest BCUT2D eigenvalue weighted by molar-refractivity contribution is 0.196. The molecule has 2 aromatic rings. The summed E-state index contributed by atoms with van der Waals surface area (Å²) in [5, 5.41) is 28.5. The van der Waals surface area contributed by atoms with Gasteiger partial charge in [-0.15, -0.1) is 5.10 Å². The fraction of sp³-hybridized carbons (Fsp3) is 0.438. The number of hydrogen-bond donors (Lipinski definition) is 4. The molecular weight excluding hydrogens is 328 g/mol. The van der Waals surface area contributed by atoms with Crippen molar-refractivity contribution in [2.24, 2.45) is 0 Å². The van der Waals surface area contributed by atoms with E-state index in [0.29, 0.717) is 5.89 Å². The van der Waals surface area contributed by atoms with Gasteiger partial charge in [-0.25, -0.2) is 10.1 Å². The highest BCUT2D eigenvalue weighted by Crippen LogP contribution is 2.09. The number of ether oxygens (including phenoxy) is 1. The van der Waals surface area contributed by atoms with Gasteiger partial charge in [0.15, 0.2) is 0 Å². The molecule has 9 nitrogen and oxygen atoms in total. The van der Waals surface area contributed by atoms with Crippen LogP contribution in [0.25, 0.3) is 0 Å². The normalized spacial score (nSPS) is 15.3. The van der Waals surface area contributed by atoms with Crippen LogP contribution in [-0.2, 0) is 0 Å². The van der Waals surface area contributed by atoms with E-state index in [9.17, 15) is 4.79 Å². The lowest BCUT2D eigenvalue weighted by Crippen LogP contribution is -2.11. The Morgan fingerprint density at radius 2 is 2.00 bits per heavy atom. The Bertz CT molecular complexity index is 624. The van der Waals surface area contributed by atoms with Crippen molar-refractivity contribution in [1.29, 1.82) is 0 Å². The Morgan fingerprint density at radius 1 is 1.32 bits per heavy atom. The summed E-state index contributed by atoms with van der Waals surface area (Å²) >= 11 is 0. The summed E-state index contributed by atoms with van der Waals surface area (Å²) < 4.78 is 9.65. The Morgan fingerprint density at radius 3 is 2.36 bits per heavy atom. The van der Waals surface area contributed by atoms with Gasteiger partial charge in [-0.05, 0) is 32.0 Å². The number of nitrogens with one attached hydrogen (secondary N) is 2. The molecule has 0 radical (unpaired) electrons. The first kappa shape index (κ1) is 20.4. The Hall–Kier alpha value is -2.65. The van der Waals surface area contributed by atoms with Crippen molar-refractivity contribution in [1.82, 2.24) is 15.5 Å². The fourth-order valence-corrected chi connectivity index (χ4v) is 1.75. The second-order valence-electron chi connectivity index (χ2n) is 5.22. The zero-order valence-electron chi connectivity index (χ0n) is 14.5. The third kappa shape index (κ3) is 9.28. The molecule has 4 N–H and O–H groups in total. The Balaban J connectivity index is 0.000000193. The summed E-state index contributed by atoms with van der Waals surface area (Å²) in [6, 6.07) is 7.85. The van der Waals surface area contributed by atoms with Crippen molar-refractivity contribution in [3.8, 4) is 5.75 Å².